The lowest BCUT2D eigenvalue weighted by atomic mass is 10.3. The first-order valence-corrected chi connectivity index (χ1v) is 10.6. The lowest BCUT2D eigenvalue weighted by Gasteiger charge is -2.26. The quantitative estimate of drug-likeness (QED) is 0.348. The maximum Gasteiger partial charge on any atom is 0.191 e. The van der Waals surface area contributed by atoms with E-state index in [9.17, 15) is 0 Å². The van der Waals surface area contributed by atoms with E-state index in [1.807, 2.05) is 42.8 Å². The Labute approximate surface area is 182 Å². The van der Waals surface area contributed by atoms with Crippen LogP contribution in [-0.2, 0) is 18.3 Å². The smallest absolute Gasteiger partial charge is 0.191 e. The van der Waals surface area contributed by atoms with Crippen molar-refractivity contribution in [3.8, 4) is 5.75 Å². The number of halogens is 1. The zero-order valence-corrected chi connectivity index (χ0v) is 18.4. The van der Waals surface area contributed by atoms with Crippen LogP contribution in [0.25, 0.3) is 0 Å². The Morgan fingerprint density at radius 2 is 1.97 bits per heavy atom. The Bertz CT molecular complexity index is 821. The molecule has 1 saturated heterocycles. The van der Waals surface area contributed by atoms with Crippen molar-refractivity contribution in [1.82, 2.24) is 30.3 Å². The van der Waals surface area contributed by atoms with Crippen LogP contribution in [0.5, 0.6) is 5.75 Å². The van der Waals surface area contributed by atoms with Crippen molar-refractivity contribution < 1.29 is 9.47 Å². The van der Waals surface area contributed by atoms with Crippen LogP contribution < -0.4 is 15.4 Å². The van der Waals surface area contributed by atoms with Crippen LogP contribution in [0.15, 0.2) is 29.3 Å². The van der Waals surface area contributed by atoms with Gasteiger partial charge >= 0.3 is 0 Å². The number of guanidine groups is 1. The number of nitrogens with one attached hydrogen (secondary N) is 2. The predicted molar refractivity (Wildman–Crippen MR) is 117 cm³/mol. The van der Waals surface area contributed by atoms with Gasteiger partial charge in [-0.3, -0.25) is 4.90 Å². The van der Waals surface area contributed by atoms with Gasteiger partial charge in [-0.1, -0.05) is 23.7 Å². The van der Waals surface area contributed by atoms with Crippen LogP contribution in [0.2, 0.25) is 5.02 Å². The number of aliphatic imine (C=N–C) groups is 1. The molecule has 0 bridgehead atoms. The molecule has 0 saturated carbocycles. The third-order valence-electron chi connectivity index (χ3n) is 4.87. The number of aryl methyl sites for hydroxylation is 1. The summed E-state index contributed by atoms with van der Waals surface area (Å²) in [5.74, 6) is 3.07. The molecule has 0 spiro atoms. The fourth-order valence-electron chi connectivity index (χ4n) is 2.96. The highest BCUT2D eigenvalue weighted by Crippen LogP contribution is 2.22. The number of hydrogen-bond acceptors (Lipinski definition) is 6. The van der Waals surface area contributed by atoms with Crippen LogP contribution in [0.4, 0.5) is 0 Å². The van der Waals surface area contributed by atoms with Gasteiger partial charge in [-0.2, -0.15) is 0 Å². The minimum Gasteiger partial charge on any atom is -0.490 e. The van der Waals surface area contributed by atoms with E-state index in [2.05, 4.69) is 30.7 Å². The number of ether oxygens (including phenoxy) is 2. The average molecular weight is 436 g/mol. The molecule has 0 amide bonds. The van der Waals surface area contributed by atoms with E-state index >= 15 is 0 Å². The molecule has 2 heterocycles. The van der Waals surface area contributed by atoms with Gasteiger partial charge in [0.1, 0.15) is 24.7 Å². The first kappa shape index (κ1) is 22.3. The minimum absolute atomic E-state index is 0.440. The Hall–Kier alpha value is -2.36. The normalized spacial score (nSPS) is 15.2. The Morgan fingerprint density at radius 1 is 1.20 bits per heavy atom. The number of para-hydroxylation sites is 1. The highest BCUT2D eigenvalue weighted by atomic mass is 35.5. The van der Waals surface area contributed by atoms with Gasteiger partial charge in [-0.05, 0) is 19.1 Å². The molecule has 9 nitrogen and oxygen atoms in total. The van der Waals surface area contributed by atoms with Gasteiger partial charge < -0.3 is 24.7 Å². The van der Waals surface area contributed by atoms with Crippen LogP contribution in [0, 0.1) is 6.92 Å². The second kappa shape index (κ2) is 11.7. The number of morpholine rings is 1. The second-order valence-corrected chi connectivity index (χ2v) is 7.38. The van der Waals surface area contributed by atoms with Gasteiger partial charge in [-0.15, -0.1) is 10.2 Å². The summed E-state index contributed by atoms with van der Waals surface area (Å²) in [6.07, 6.45) is 0. The number of aromatic nitrogens is 3. The van der Waals surface area contributed by atoms with Gasteiger partial charge in [0.05, 0.1) is 24.8 Å². The average Bonchev–Trinajstić information content (AvgIpc) is 3.08. The molecule has 1 aliphatic rings. The summed E-state index contributed by atoms with van der Waals surface area (Å²) in [4.78, 5) is 7.03. The Kier molecular flexibility index (Phi) is 8.73. The summed E-state index contributed by atoms with van der Waals surface area (Å²) in [5, 5.41) is 15.6. The zero-order valence-electron chi connectivity index (χ0n) is 17.6. The minimum atomic E-state index is 0.440. The fraction of sp³-hybridized carbons (Fsp3) is 0.550. The predicted octanol–water partition coefficient (Wildman–Crippen LogP) is 1.22. The molecule has 1 aliphatic heterocycles. The largest absolute Gasteiger partial charge is 0.490 e. The van der Waals surface area contributed by atoms with Crippen molar-refractivity contribution in [1.29, 1.82) is 0 Å². The molecule has 3 rings (SSSR count). The van der Waals surface area contributed by atoms with Crippen molar-refractivity contribution in [2.75, 3.05) is 52.5 Å². The molecule has 1 aromatic carbocycles. The summed E-state index contributed by atoms with van der Waals surface area (Å²) in [7, 11) is 1.94. The van der Waals surface area contributed by atoms with E-state index in [1.54, 1.807) is 0 Å². The monoisotopic (exact) mass is 435 g/mol. The first-order chi connectivity index (χ1) is 14.6. The molecular formula is C20H30ClN7O2. The third kappa shape index (κ3) is 6.86. The summed E-state index contributed by atoms with van der Waals surface area (Å²) < 4.78 is 13.1. The number of nitrogens with zero attached hydrogens (tertiary/aromatic N) is 5. The van der Waals surface area contributed by atoms with Crippen LogP contribution >= 0.6 is 11.6 Å². The van der Waals surface area contributed by atoms with E-state index in [-0.39, 0.29) is 0 Å². The highest BCUT2D eigenvalue weighted by molar-refractivity contribution is 6.32. The van der Waals surface area contributed by atoms with Gasteiger partial charge in [0.25, 0.3) is 0 Å². The fourth-order valence-corrected chi connectivity index (χ4v) is 3.15. The molecular weight excluding hydrogens is 406 g/mol. The molecule has 0 unspecified atom stereocenters. The van der Waals surface area contributed by atoms with Crippen molar-refractivity contribution >= 4 is 17.6 Å². The SMILES string of the molecule is Cc1nnc(CN=C(NCCOc2ccccc2Cl)NCCN2CCOCC2)n1C. The summed E-state index contributed by atoms with van der Waals surface area (Å²) >= 11 is 6.13. The molecule has 1 fully saturated rings. The van der Waals surface area contributed by atoms with Gasteiger partial charge in [0.15, 0.2) is 11.8 Å². The Morgan fingerprint density at radius 3 is 2.70 bits per heavy atom. The van der Waals surface area contributed by atoms with E-state index in [0.29, 0.717) is 36.4 Å². The standard InChI is InChI=1S/C20H30ClN7O2/c1-16-25-26-19(27(16)2)15-24-20(22-7-9-28-10-13-29-14-11-28)23-8-12-30-18-6-4-3-5-17(18)21/h3-6H,7-15H2,1-2H3,(H2,22,23,24). The van der Waals surface area contributed by atoms with Crippen molar-refractivity contribution in [2.24, 2.45) is 12.0 Å². The molecule has 0 aliphatic carbocycles. The molecule has 10 heteroatoms. The summed E-state index contributed by atoms with van der Waals surface area (Å²) in [5.41, 5.74) is 0. The maximum absolute atomic E-state index is 6.13. The van der Waals surface area contributed by atoms with E-state index in [1.165, 1.54) is 0 Å². The Balaban J connectivity index is 1.50. The van der Waals surface area contributed by atoms with E-state index in [4.69, 9.17) is 21.1 Å². The third-order valence-corrected chi connectivity index (χ3v) is 5.19. The lowest BCUT2D eigenvalue weighted by Crippen LogP contribution is -2.45. The van der Waals surface area contributed by atoms with E-state index < -0.39 is 0 Å². The van der Waals surface area contributed by atoms with Crippen molar-refractivity contribution in [2.45, 2.75) is 13.5 Å². The van der Waals surface area contributed by atoms with E-state index in [0.717, 1.165) is 51.0 Å². The van der Waals surface area contributed by atoms with Crippen molar-refractivity contribution in [3.63, 3.8) is 0 Å². The van der Waals surface area contributed by atoms with Crippen LogP contribution in [0.1, 0.15) is 11.6 Å². The zero-order chi connectivity index (χ0) is 21.2. The molecule has 0 atom stereocenters. The van der Waals surface area contributed by atoms with Crippen LogP contribution in [-0.4, -0.2) is 78.2 Å². The molecule has 2 N–H and O–H groups in total. The molecule has 30 heavy (non-hydrogen) atoms. The lowest BCUT2D eigenvalue weighted by molar-refractivity contribution is 0.0389. The summed E-state index contributed by atoms with van der Waals surface area (Å²) in [6.45, 7) is 8.66. The molecule has 1 aromatic heterocycles. The molecule has 164 valence electrons. The second-order valence-electron chi connectivity index (χ2n) is 6.97. The first-order valence-electron chi connectivity index (χ1n) is 10.2. The van der Waals surface area contributed by atoms with Crippen LogP contribution in [0.3, 0.4) is 0 Å². The van der Waals surface area contributed by atoms with Crippen molar-refractivity contribution in [3.05, 3.63) is 40.9 Å². The highest BCUT2D eigenvalue weighted by Gasteiger charge is 2.10. The number of rotatable bonds is 9. The number of hydrogen-bond donors (Lipinski definition) is 2. The van der Waals surface area contributed by atoms with Gasteiger partial charge in [0, 0.05) is 33.2 Å². The van der Waals surface area contributed by atoms with Gasteiger partial charge in [0.2, 0.25) is 0 Å². The molecule has 2 aromatic rings. The van der Waals surface area contributed by atoms with Gasteiger partial charge in [-0.25, -0.2) is 4.99 Å². The topological polar surface area (TPSA) is 88.8 Å². The maximum atomic E-state index is 6.13. The summed E-state index contributed by atoms with van der Waals surface area (Å²) in [6, 6.07) is 7.45. The molecule has 0 radical (unpaired) electrons. The number of benzene rings is 1.